The molecule has 1 aromatic rings. The number of nitrogens with one attached hydrogen (secondary N) is 2. The number of carbonyl (C=O) groups excluding carboxylic acids is 2. The molecule has 4 N–H and O–H groups in total. The Morgan fingerprint density at radius 3 is 2.87 bits per heavy atom. The van der Waals surface area contributed by atoms with E-state index in [1.807, 2.05) is 6.92 Å². The third kappa shape index (κ3) is 4.74. The minimum Gasteiger partial charge on any atom is -0.365 e. The van der Waals surface area contributed by atoms with Gasteiger partial charge in [0.05, 0.1) is 6.10 Å². The zero-order valence-corrected chi connectivity index (χ0v) is 13.5. The Hall–Kier alpha value is -1.99. The first-order valence-electron chi connectivity index (χ1n) is 7.92. The van der Waals surface area contributed by atoms with Gasteiger partial charge in [0.1, 0.15) is 11.8 Å². The topological polar surface area (TPSA) is 106 Å². The van der Waals surface area contributed by atoms with Crippen LogP contribution in [0.5, 0.6) is 0 Å². The second kappa shape index (κ2) is 8.03. The molecule has 1 fully saturated rings. The second-order valence-corrected chi connectivity index (χ2v) is 5.86. The Bertz CT molecular complexity index is 554. The summed E-state index contributed by atoms with van der Waals surface area (Å²) in [5.41, 5.74) is 6.18. The summed E-state index contributed by atoms with van der Waals surface area (Å²) in [6, 6.07) is 3.20. The highest BCUT2D eigenvalue weighted by atomic mass is 16.5. The van der Waals surface area contributed by atoms with Crippen LogP contribution in [0.3, 0.4) is 0 Å². The molecule has 1 saturated heterocycles. The summed E-state index contributed by atoms with van der Waals surface area (Å²) in [6.45, 7) is 5.05. The van der Waals surface area contributed by atoms with E-state index >= 15 is 0 Å². The van der Waals surface area contributed by atoms with Gasteiger partial charge in [-0.1, -0.05) is 6.92 Å². The highest BCUT2D eigenvalue weighted by molar-refractivity contribution is 5.97. The maximum atomic E-state index is 12.2. The van der Waals surface area contributed by atoms with Crippen LogP contribution in [-0.2, 0) is 9.53 Å². The molecule has 0 bridgehead atoms. The van der Waals surface area contributed by atoms with Crippen LogP contribution in [0.25, 0.3) is 0 Å². The van der Waals surface area contributed by atoms with Crippen LogP contribution in [0, 0.1) is 5.92 Å². The molecule has 3 atom stereocenters. The molecule has 0 saturated carbocycles. The maximum absolute atomic E-state index is 12.2. The molecule has 2 amide bonds. The maximum Gasteiger partial charge on any atom is 0.269 e. The molecule has 0 radical (unpaired) electrons. The van der Waals surface area contributed by atoms with Crippen molar-refractivity contribution < 1.29 is 14.3 Å². The normalized spacial score (nSPS) is 23.5. The first kappa shape index (κ1) is 17.4. The van der Waals surface area contributed by atoms with E-state index in [0.717, 1.165) is 0 Å². The second-order valence-electron chi connectivity index (χ2n) is 5.86. The lowest BCUT2D eigenvalue weighted by atomic mass is 10.0. The monoisotopic (exact) mass is 320 g/mol. The summed E-state index contributed by atoms with van der Waals surface area (Å²) in [4.78, 5) is 28.2. The van der Waals surface area contributed by atoms with Crippen molar-refractivity contribution in [2.45, 2.75) is 38.9 Å². The summed E-state index contributed by atoms with van der Waals surface area (Å²) in [5, 5.41) is 5.51. The van der Waals surface area contributed by atoms with Crippen LogP contribution in [-0.4, -0.2) is 42.1 Å². The molecular weight excluding hydrogens is 296 g/mol. The molecule has 126 valence electrons. The van der Waals surface area contributed by atoms with Crippen molar-refractivity contribution >= 4 is 17.5 Å². The molecule has 0 spiro atoms. The lowest BCUT2D eigenvalue weighted by Crippen LogP contribution is -2.29. The van der Waals surface area contributed by atoms with Crippen molar-refractivity contribution in [1.82, 2.24) is 10.3 Å². The van der Waals surface area contributed by atoms with Crippen molar-refractivity contribution in [3.8, 4) is 0 Å². The van der Waals surface area contributed by atoms with Crippen molar-refractivity contribution in [1.29, 1.82) is 0 Å². The standard InChI is InChI=1S/C16H24N4O3/c1-10-8-14(23-11(10)2)16(22)20-12-4-7-18-13(9-12)15(21)19-6-3-5-17/h4,7,9-11,14H,3,5-6,8,17H2,1-2H3,(H,19,21)(H,18,20,22). The number of nitrogens with zero attached hydrogens (tertiary/aromatic N) is 1. The molecule has 0 aliphatic carbocycles. The van der Waals surface area contributed by atoms with Gasteiger partial charge in [-0.05, 0) is 44.4 Å². The highest BCUT2D eigenvalue weighted by Crippen LogP contribution is 2.26. The smallest absolute Gasteiger partial charge is 0.269 e. The van der Waals surface area contributed by atoms with E-state index in [-0.39, 0.29) is 23.6 Å². The number of rotatable bonds is 6. The van der Waals surface area contributed by atoms with Gasteiger partial charge >= 0.3 is 0 Å². The molecule has 3 unspecified atom stereocenters. The first-order valence-corrected chi connectivity index (χ1v) is 7.92. The molecule has 0 aromatic carbocycles. The number of pyridine rings is 1. The summed E-state index contributed by atoms with van der Waals surface area (Å²) < 4.78 is 5.63. The zero-order valence-electron chi connectivity index (χ0n) is 13.5. The highest BCUT2D eigenvalue weighted by Gasteiger charge is 2.33. The van der Waals surface area contributed by atoms with Crippen molar-refractivity contribution in [2.24, 2.45) is 11.7 Å². The Morgan fingerprint density at radius 2 is 2.22 bits per heavy atom. The van der Waals surface area contributed by atoms with Crippen molar-refractivity contribution in [2.75, 3.05) is 18.4 Å². The summed E-state index contributed by atoms with van der Waals surface area (Å²) in [6.07, 6.45) is 2.53. The van der Waals surface area contributed by atoms with E-state index in [1.54, 1.807) is 12.1 Å². The molecule has 1 aliphatic rings. The van der Waals surface area contributed by atoms with Gasteiger partial charge in [-0.25, -0.2) is 0 Å². The largest absolute Gasteiger partial charge is 0.365 e. The average molecular weight is 320 g/mol. The number of aromatic nitrogens is 1. The van der Waals surface area contributed by atoms with E-state index in [0.29, 0.717) is 37.5 Å². The molecule has 1 aromatic heterocycles. The fourth-order valence-corrected chi connectivity index (χ4v) is 2.40. The fourth-order valence-electron chi connectivity index (χ4n) is 2.40. The summed E-state index contributed by atoms with van der Waals surface area (Å²) >= 11 is 0. The number of nitrogens with two attached hydrogens (primary N) is 1. The molecule has 23 heavy (non-hydrogen) atoms. The number of anilines is 1. The molecule has 2 heterocycles. The van der Waals surface area contributed by atoms with Crippen LogP contribution in [0.15, 0.2) is 18.3 Å². The predicted molar refractivity (Wildman–Crippen MR) is 87.0 cm³/mol. The molecule has 7 nitrogen and oxygen atoms in total. The third-order valence-corrected chi connectivity index (χ3v) is 3.99. The average Bonchev–Trinajstić information content (AvgIpc) is 2.87. The van der Waals surface area contributed by atoms with Gasteiger partial charge < -0.3 is 21.1 Å². The van der Waals surface area contributed by atoms with Gasteiger partial charge in [0.15, 0.2) is 0 Å². The van der Waals surface area contributed by atoms with E-state index in [9.17, 15) is 9.59 Å². The minimum atomic E-state index is -0.449. The first-order chi connectivity index (χ1) is 11.0. The van der Waals surface area contributed by atoms with Crippen LogP contribution in [0.1, 0.15) is 37.2 Å². The van der Waals surface area contributed by atoms with Crippen molar-refractivity contribution in [3.63, 3.8) is 0 Å². The van der Waals surface area contributed by atoms with Crippen LogP contribution in [0.2, 0.25) is 0 Å². The Labute approximate surface area is 136 Å². The molecule has 7 heteroatoms. The fraction of sp³-hybridized carbons (Fsp3) is 0.562. The third-order valence-electron chi connectivity index (χ3n) is 3.99. The molecule has 1 aliphatic heterocycles. The number of amides is 2. The minimum absolute atomic E-state index is 0.0760. The SMILES string of the molecule is CC1CC(C(=O)Nc2ccnc(C(=O)NCCCN)c2)OC1C. The Balaban J connectivity index is 1.94. The van der Waals surface area contributed by atoms with Gasteiger partial charge in [-0.2, -0.15) is 0 Å². The van der Waals surface area contributed by atoms with Gasteiger partial charge in [-0.15, -0.1) is 0 Å². The van der Waals surface area contributed by atoms with E-state index in [2.05, 4.69) is 22.5 Å². The summed E-state index contributed by atoms with van der Waals surface area (Å²) in [7, 11) is 0. The van der Waals surface area contributed by atoms with Gasteiger partial charge in [-0.3, -0.25) is 14.6 Å². The quantitative estimate of drug-likeness (QED) is 0.676. The zero-order chi connectivity index (χ0) is 16.8. The van der Waals surface area contributed by atoms with Crippen molar-refractivity contribution in [3.05, 3.63) is 24.0 Å². The van der Waals surface area contributed by atoms with Crippen LogP contribution < -0.4 is 16.4 Å². The number of hydrogen-bond donors (Lipinski definition) is 3. The Kier molecular flexibility index (Phi) is 6.06. The Morgan fingerprint density at radius 1 is 1.43 bits per heavy atom. The number of ether oxygens (including phenoxy) is 1. The van der Waals surface area contributed by atoms with Crippen LogP contribution in [0.4, 0.5) is 5.69 Å². The lowest BCUT2D eigenvalue weighted by molar-refractivity contribution is -0.126. The van der Waals surface area contributed by atoms with E-state index in [1.165, 1.54) is 6.20 Å². The van der Waals surface area contributed by atoms with E-state index in [4.69, 9.17) is 10.5 Å². The van der Waals surface area contributed by atoms with E-state index < -0.39 is 6.10 Å². The van der Waals surface area contributed by atoms with Crippen LogP contribution >= 0.6 is 0 Å². The predicted octanol–water partition coefficient (Wildman–Crippen LogP) is 0.912. The van der Waals surface area contributed by atoms with Gasteiger partial charge in [0, 0.05) is 18.4 Å². The number of hydrogen-bond acceptors (Lipinski definition) is 5. The van der Waals surface area contributed by atoms with Gasteiger partial charge in [0.25, 0.3) is 11.8 Å². The van der Waals surface area contributed by atoms with Gasteiger partial charge in [0.2, 0.25) is 0 Å². The lowest BCUT2D eigenvalue weighted by Gasteiger charge is -2.12. The number of carbonyl (C=O) groups is 2. The molecule has 2 rings (SSSR count). The summed E-state index contributed by atoms with van der Waals surface area (Å²) in [5.74, 6) is -0.122. The molecular formula is C16H24N4O3.